The largest absolute Gasteiger partial charge is 0.393 e. The molecule has 3 fully saturated rings. The number of aliphatic hydroxyl groups is 1. The predicted octanol–water partition coefficient (Wildman–Crippen LogP) is 5.56. The fraction of sp³-hybridized carbons (Fsp3) is 0.920. The normalized spacial score (nSPS) is 44.0. The summed E-state index contributed by atoms with van der Waals surface area (Å²) in [6.07, 6.45) is 12.4. The van der Waals surface area contributed by atoms with Crippen molar-refractivity contribution in [1.82, 2.24) is 10.9 Å². The molecule has 0 amide bonds. The summed E-state index contributed by atoms with van der Waals surface area (Å²) in [5.74, 6) is 3.18. The van der Waals surface area contributed by atoms with Gasteiger partial charge >= 0.3 is 0 Å². The van der Waals surface area contributed by atoms with Crippen molar-refractivity contribution in [2.75, 3.05) is 0 Å². The van der Waals surface area contributed by atoms with Gasteiger partial charge in [-0.05, 0) is 79.1 Å². The minimum atomic E-state index is -0.127. The lowest BCUT2D eigenvalue weighted by Crippen LogP contribution is -2.63. The monoisotopic (exact) mass is 388 g/mol. The number of aliphatic hydroxyl groups excluding tert-OH is 1. The third kappa shape index (κ3) is 3.35. The van der Waals surface area contributed by atoms with Crippen LogP contribution in [0.2, 0.25) is 0 Å². The van der Waals surface area contributed by atoms with E-state index in [1.807, 2.05) is 0 Å². The van der Waals surface area contributed by atoms with Crippen LogP contribution in [0.15, 0.2) is 11.3 Å². The van der Waals surface area contributed by atoms with Gasteiger partial charge in [0.15, 0.2) is 0 Å². The molecule has 0 aromatic carbocycles. The molecule has 28 heavy (non-hydrogen) atoms. The molecule has 4 aliphatic rings. The summed E-state index contributed by atoms with van der Waals surface area (Å²) in [4.78, 5) is 0. The highest BCUT2D eigenvalue weighted by molar-refractivity contribution is 5.33. The van der Waals surface area contributed by atoms with Crippen LogP contribution in [-0.2, 0) is 0 Å². The fourth-order valence-corrected chi connectivity index (χ4v) is 7.61. The van der Waals surface area contributed by atoms with E-state index in [0.29, 0.717) is 22.8 Å². The average molecular weight is 389 g/mol. The van der Waals surface area contributed by atoms with Gasteiger partial charge in [0.2, 0.25) is 0 Å². The van der Waals surface area contributed by atoms with Crippen LogP contribution >= 0.6 is 0 Å². The molecule has 0 spiro atoms. The maximum atomic E-state index is 10.2. The molecule has 1 heterocycles. The van der Waals surface area contributed by atoms with Crippen LogP contribution in [0.25, 0.3) is 0 Å². The fourth-order valence-electron chi connectivity index (χ4n) is 7.61. The predicted molar refractivity (Wildman–Crippen MR) is 116 cm³/mol. The maximum absolute atomic E-state index is 10.2. The van der Waals surface area contributed by atoms with Gasteiger partial charge in [-0.15, -0.1) is 0 Å². The van der Waals surface area contributed by atoms with Gasteiger partial charge in [-0.3, -0.25) is 0 Å². The zero-order valence-corrected chi connectivity index (χ0v) is 19.0. The molecule has 1 saturated heterocycles. The molecule has 0 radical (unpaired) electrons. The van der Waals surface area contributed by atoms with E-state index < -0.39 is 0 Å². The molecule has 0 aromatic rings. The van der Waals surface area contributed by atoms with Gasteiger partial charge in [0, 0.05) is 17.7 Å². The maximum Gasteiger partial charge on any atom is 0.0556 e. The Morgan fingerprint density at radius 3 is 2.61 bits per heavy atom. The number of allylic oxidation sites excluding steroid dienone is 2. The zero-order chi connectivity index (χ0) is 20.1. The van der Waals surface area contributed by atoms with Crippen molar-refractivity contribution in [3.05, 3.63) is 11.3 Å². The van der Waals surface area contributed by atoms with Crippen LogP contribution in [0.1, 0.15) is 98.8 Å². The summed E-state index contributed by atoms with van der Waals surface area (Å²) >= 11 is 0. The lowest BCUT2D eigenvalue weighted by atomic mass is 9.55. The van der Waals surface area contributed by atoms with E-state index in [0.717, 1.165) is 37.0 Å². The minimum absolute atomic E-state index is 0.127. The second kappa shape index (κ2) is 7.61. The summed E-state index contributed by atoms with van der Waals surface area (Å²) in [6, 6.07) is 0.405. The molecule has 2 unspecified atom stereocenters. The molecule has 160 valence electrons. The van der Waals surface area contributed by atoms with Crippen molar-refractivity contribution < 1.29 is 5.11 Å². The second-order valence-electron chi connectivity index (χ2n) is 11.6. The van der Waals surface area contributed by atoms with E-state index in [1.54, 1.807) is 11.3 Å². The molecule has 1 aliphatic heterocycles. The zero-order valence-electron chi connectivity index (χ0n) is 19.0. The van der Waals surface area contributed by atoms with E-state index in [4.69, 9.17) is 0 Å². The van der Waals surface area contributed by atoms with E-state index in [-0.39, 0.29) is 6.10 Å². The SMILES string of the molecule is CC(C)CCCC(C)[C@H]1CCC2=C3NN[C@H]4C[C@@H](O)CC[C@]4(C)C3CC[C@@]21C. The summed E-state index contributed by atoms with van der Waals surface area (Å²) in [5, 5.41) is 10.2. The first-order chi connectivity index (χ1) is 13.3. The standard InChI is InChI=1S/C25H44N2O/c1-16(2)7-6-8-17(3)19-9-10-20-23-21(12-14-24(19,20)4)25(5)13-11-18(28)15-22(25)26-27-23/h16-19,21-22,26-28H,6-15H2,1-5H3/t17?,18-,19+,21?,22-,24+,25+/m0/s1. The molecule has 3 nitrogen and oxygen atoms in total. The molecule has 3 aliphatic carbocycles. The van der Waals surface area contributed by atoms with Gasteiger partial charge in [-0.2, -0.15) is 0 Å². The Morgan fingerprint density at radius 2 is 1.86 bits per heavy atom. The molecule has 3 N–H and O–H groups in total. The lowest BCUT2D eigenvalue weighted by molar-refractivity contribution is -0.0242. The van der Waals surface area contributed by atoms with Crippen LogP contribution in [0.4, 0.5) is 0 Å². The molecule has 2 saturated carbocycles. The second-order valence-corrected chi connectivity index (χ2v) is 11.6. The van der Waals surface area contributed by atoms with Crippen molar-refractivity contribution in [2.45, 2.75) is 111 Å². The van der Waals surface area contributed by atoms with E-state index >= 15 is 0 Å². The number of hydrazine groups is 1. The van der Waals surface area contributed by atoms with Crippen LogP contribution in [-0.4, -0.2) is 17.3 Å². The number of fused-ring (bicyclic) bond motifs is 4. The highest BCUT2D eigenvalue weighted by atomic mass is 16.3. The van der Waals surface area contributed by atoms with Crippen molar-refractivity contribution in [3.8, 4) is 0 Å². The van der Waals surface area contributed by atoms with Gasteiger partial charge in [0.25, 0.3) is 0 Å². The number of nitrogens with one attached hydrogen (secondary N) is 2. The highest BCUT2D eigenvalue weighted by Gasteiger charge is 2.56. The Hall–Kier alpha value is -0.540. The number of hydrogen-bond donors (Lipinski definition) is 3. The van der Waals surface area contributed by atoms with Gasteiger partial charge < -0.3 is 10.5 Å². The van der Waals surface area contributed by atoms with Gasteiger partial charge in [0.1, 0.15) is 0 Å². The van der Waals surface area contributed by atoms with Crippen LogP contribution in [0.3, 0.4) is 0 Å². The van der Waals surface area contributed by atoms with Gasteiger partial charge in [0.05, 0.1) is 6.10 Å². The molecule has 4 rings (SSSR count). The van der Waals surface area contributed by atoms with Crippen molar-refractivity contribution in [3.63, 3.8) is 0 Å². The van der Waals surface area contributed by atoms with E-state index in [1.165, 1.54) is 44.9 Å². The van der Waals surface area contributed by atoms with E-state index in [9.17, 15) is 5.11 Å². The Kier molecular flexibility index (Phi) is 5.64. The highest BCUT2D eigenvalue weighted by Crippen LogP contribution is 2.62. The van der Waals surface area contributed by atoms with Crippen LogP contribution < -0.4 is 10.9 Å². The summed E-state index contributed by atoms with van der Waals surface area (Å²) in [6.45, 7) is 12.3. The Balaban J connectivity index is 1.53. The van der Waals surface area contributed by atoms with Crippen molar-refractivity contribution >= 4 is 0 Å². The summed E-state index contributed by atoms with van der Waals surface area (Å²) in [7, 11) is 0. The van der Waals surface area contributed by atoms with Gasteiger partial charge in [-0.1, -0.05) is 53.9 Å². The van der Waals surface area contributed by atoms with Gasteiger partial charge in [-0.25, -0.2) is 5.43 Å². The third-order valence-electron chi connectivity index (χ3n) is 9.46. The molecule has 7 atom stereocenters. The van der Waals surface area contributed by atoms with Crippen LogP contribution in [0, 0.1) is 34.5 Å². The minimum Gasteiger partial charge on any atom is -0.393 e. The smallest absolute Gasteiger partial charge is 0.0556 e. The lowest BCUT2D eigenvalue weighted by Gasteiger charge is -2.56. The number of hydrogen-bond acceptors (Lipinski definition) is 3. The number of rotatable bonds is 5. The van der Waals surface area contributed by atoms with Crippen molar-refractivity contribution in [1.29, 1.82) is 0 Å². The molecule has 3 heteroatoms. The molecular weight excluding hydrogens is 344 g/mol. The van der Waals surface area contributed by atoms with Crippen molar-refractivity contribution in [2.24, 2.45) is 34.5 Å². The quantitative estimate of drug-likeness (QED) is 0.578. The van der Waals surface area contributed by atoms with Crippen LogP contribution in [0.5, 0.6) is 0 Å². The molecule has 0 bridgehead atoms. The summed E-state index contributed by atoms with van der Waals surface area (Å²) in [5.41, 5.74) is 11.4. The average Bonchev–Trinajstić information content (AvgIpc) is 2.99. The molecular formula is C25H44N2O. The Bertz CT molecular complexity index is 614. The topological polar surface area (TPSA) is 44.3 Å². The third-order valence-corrected chi connectivity index (χ3v) is 9.46. The molecule has 0 aromatic heterocycles. The first-order valence-corrected chi connectivity index (χ1v) is 12.2. The van der Waals surface area contributed by atoms with E-state index in [2.05, 4.69) is 45.5 Å². The summed E-state index contributed by atoms with van der Waals surface area (Å²) < 4.78 is 0. The Morgan fingerprint density at radius 1 is 1.07 bits per heavy atom. The first kappa shape index (κ1) is 20.7. The Labute approximate surface area is 173 Å². The first-order valence-electron chi connectivity index (χ1n) is 12.2.